The van der Waals surface area contributed by atoms with Gasteiger partial charge in [-0.3, -0.25) is 4.79 Å². The molecule has 3 saturated carbocycles. The molecule has 38 heavy (non-hydrogen) atoms. The zero-order valence-electron chi connectivity index (χ0n) is 22.9. The Bertz CT molecular complexity index is 1320. The number of nitrogens with zero attached hydrogens (tertiary/aromatic N) is 1. The minimum absolute atomic E-state index is 0.0639. The fourth-order valence-electron chi connectivity index (χ4n) is 9.35. The standard InChI is InChI=1S/C32H38N2O4/c1-20-5-7-21(8-6-20)9-12-26(35)33-19-23-18-30-13-14-32(23,37-4)29-31(30)15-16-34(2)25(30)17-22-10-11-24(36-3)28(38-29)27(22)31/h5-12,23,25,29H,13-19H2,1-4H3,(H,33,35)/b12-9+/t23-,25-,29-,30-,31+,32+/m1/s1. The summed E-state index contributed by atoms with van der Waals surface area (Å²) in [4.78, 5) is 15.5. The number of aryl methyl sites for hydroxylation is 1. The highest BCUT2D eigenvalue weighted by atomic mass is 16.6. The molecule has 4 fully saturated rings. The Morgan fingerprint density at radius 2 is 1.97 bits per heavy atom. The van der Waals surface area contributed by atoms with Crippen LogP contribution in [-0.2, 0) is 21.4 Å². The van der Waals surface area contributed by atoms with E-state index in [2.05, 4.69) is 48.5 Å². The Kier molecular flexibility index (Phi) is 5.31. The molecule has 2 spiro atoms. The number of rotatable bonds is 6. The molecule has 6 atom stereocenters. The van der Waals surface area contributed by atoms with Crippen molar-refractivity contribution in [2.24, 2.45) is 11.3 Å². The first kappa shape index (κ1) is 24.2. The first-order valence-electron chi connectivity index (χ1n) is 14.0. The second-order valence-corrected chi connectivity index (χ2v) is 12.3. The third-order valence-electron chi connectivity index (χ3n) is 11.0. The molecule has 1 amide bonds. The van der Waals surface area contributed by atoms with Crippen LogP contribution in [0.5, 0.6) is 11.5 Å². The predicted octanol–water partition coefficient (Wildman–Crippen LogP) is 4.28. The largest absolute Gasteiger partial charge is 0.493 e. The number of hydrogen-bond acceptors (Lipinski definition) is 5. The molecule has 8 rings (SSSR count). The number of nitrogens with one attached hydrogen (secondary N) is 1. The molecule has 1 saturated heterocycles. The number of benzene rings is 2. The topological polar surface area (TPSA) is 60.0 Å². The van der Waals surface area contributed by atoms with Gasteiger partial charge < -0.3 is 24.4 Å². The average Bonchev–Trinajstić information content (AvgIpc) is 3.30. The maximum atomic E-state index is 12.9. The molecule has 4 bridgehead atoms. The van der Waals surface area contributed by atoms with Gasteiger partial charge in [-0.15, -0.1) is 0 Å². The summed E-state index contributed by atoms with van der Waals surface area (Å²) in [6.45, 7) is 3.71. The second kappa shape index (κ2) is 8.33. The van der Waals surface area contributed by atoms with Crippen LogP contribution in [0.1, 0.15) is 47.9 Å². The van der Waals surface area contributed by atoms with Gasteiger partial charge in [0.25, 0.3) is 0 Å². The third kappa shape index (κ3) is 2.93. The van der Waals surface area contributed by atoms with Gasteiger partial charge in [0.2, 0.25) is 5.91 Å². The molecule has 0 radical (unpaired) electrons. The molecule has 4 aliphatic carbocycles. The number of piperidine rings is 1. The molecule has 1 N–H and O–H groups in total. The summed E-state index contributed by atoms with van der Waals surface area (Å²) in [7, 11) is 5.88. The van der Waals surface area contributed by atoms with Gasteiger partial charge in [-0.1, -0.05) is 35.9 Å². The summed E-state index contributed by atoms with van der Waals surface area (Å²) >= 11 is 0. The van der Waals surface area contributed by atoms with E-state index < -0.39 is 5.60 Å². The number of methoxy groups -OCH3 is 2. The minimum Gasteiger partial charge on any atom is -0.493 e. The first-order valence-corrected chi connectivity index (χ1v) is 14.0. The van der Waals surface area contributed by atoms with E-state index >= 15 is 0 Å². The Labute approximate surface area is 225 Å². The lowest BCUT2D eigenvalue weighted by Gasteiger charge is -2.73. The Balaban J connectivity index is 1.24. The van der Waals surface area contributed by atoms with Crippen LogP contribution in [0, 0.1) is 18.3 Å². The normalized spacial score (nSPS) is 36.2. The van der Waals surface area contributed by atoms with Crippen molar-refractivity contribution in [1.82, 2.24) is 10.2 Å². The van der Waals surface area contributed by atoms with Crippen LogP contribution in [0.25, 0.3) is 6.08 Å². The highest BCUT2D eigenvalue weighted by Crippen LogP contribution is 2.76. The summed E-state index contributed by atoms with van der Waals surface area (Å²) in [6.07, 6.45) is 8.68. The van der Waals surface area contributed by atoms with Gasteiger partial charge in [0.1, 0.15) is 11.7 Å². The van der Waals surface area contributed by atoms with E-state index in [1.165, 1.54) is 16.7 Å². The molecular formula is C32H38N2O4. The highest BCUT2D eigenvalue weighted by molar-refractivity contribution is 5.91. The monoisotopic (exact) mass is 514 g/mol. The molecule has 2 aliphatic heterocycles. The molecular weight excluding hydrogens is 476 g/mol. The minimum atomic E-state index is -0.450. The smallest absolute Gasteiger partial charge is 0.244 e. The Morgan fingerprint density at radius 3 is 2.74 bits per heavy atom. The van der Waals surface area contributed by atoms with E-state index in [0.29, 0.717) is 12.6 Å². The van der Waals surface area contributed by atoms with Gasteiger partial charge in [0, 0.05) is 48.1 Å². The average molecular weight is 515 g/mol. The quantitative estimate of drug-likeness (QED) is 0.584. The lowest BCUT2D eigenvalue weighted by atomic mass is 9.35. The van der Waals surface area contributed by atoms with Gasteiger partial charge in [-0.05, 0) is 75.9 Å². The number of fused-ring (bicyclic) bond motifs is 2. The molecule has 2 aromatic rings. The van der Waals surface area contributed by atoms with Crippen molar-refractivity contribution in [3.05, 3.63) is 64.7 Å². The van der Waals surface area contributed by atoms with E-state index in [4.69, 9.17) is 14.2 Å². The molecule has 2 heterocycles. The number of carbonyl (C=O) groups is 1. The van der Waals surface area contributed by atoms with E-state index in [1.54, 1.807) is 13.2 Å². The van der Waals surface area contributed by atoms with Crippen molar-refractivity contribution >= 4 is 12.0 Å². The maximum Gasteiger partial charge on any atom is 0.244 e. The first-order chi connectivity index (χ1) is 18.4. The molecule has 0 unspecified atom stereocenters. The highest BCUT2D eigenvalue weighted by Gasteiger charge is 2.80. The molecule has 6 heteroatoms. The van der Waals surface area contributed by atoms with E-state index in [0.717, 1.165) is 55.7 Å². The molecule has 6 aliphatic rings. The fraction of sp³-hybridized carbons (Fsp3) is 0.531. The lowest BCUT2D eigenvalue weighted by molar-refractivity contribution is -0.274. The van der Waals surface area contributed by atoms with Crippen molar-refractivity contribution in [3.63, 3.8) is 0 Å². The van der Waals surface area contributed by atoms with Gasteiger partial charge in [-0.25, -0.2) is 0 Å². The Morgan fingerprint density at radius 1 is 1.16 bits per heavy atom. The third-order valence-corrected chi connectivity index (χ3v) is 11.0. The van der Waals surface area contributed by atoms with Gasteiger partial charge >= 0.3 is 0 Å². The van der Waals surface area contributed by atoms with Crippen molar-refractivity contribution in [1.29, 1.82) is 0 Å². The van der Waals surface area contributed by atoms with E-state index in [-0.39, 0.29) is 28.8 Å². The van der Waals surface area contributed by atoms with Crippen LogP contribution in [-0.4, -0.2) is 62.9 Å². The zero-order valence-corrected chi connectivity index (χ0v) is 22.9. The zero-order chi connectivity index (χ0) is 26.3. The summed E-state index contributed by atoms with van der Waals surface area (Å²) in [6, 6.07) is 13.0. The second-order valence-electron chi connectivity index (χ2n) is 12.3. The van der Waals surface area contributed by atoms with Crippen LogP contribution in [0.15, 0.2) is 42.5 Å². The summed E-state index contributed by atoms with van der Waals surface area (Å²) in [5.74, 6) is 1.88. The van der Waals surface area contributed by atoms with E-state index in [9.17, 15) is 4.79 Å². The number of likely N-dealkylation sites (N-methyl/N-ethyl adjacent to an activating group) is 1. The molecule has 2 aromatic carbocycles. The van der Waals surface area contributed by atoms with Crippen LogP contribution in [0.4, 0.5) is 0 Å². The van der Waals surface area contributed by atoms with Crippen LogP contribution in [0.3, 0.4) is 0 Å². The SMILES string of the molecule is COc1ccc2c3c1O[C@H]1[C@]4(OC)CC[C@@]5(C[C@@H]4CNC(=O)/C=C/c4ccc(C)cc4)[C@@H](C2)N(C)CC[C@]315. The van der Waals surface area contributed by atoms with E-state index in [1.807, 2.05) is 25.3 Å². The molecule has 0 aromatic heterocycles. The molecule has 200 valence electrons. The maximum absolute atomic E-state index is 12.9. The summed E-state index contributed by atoms with van der Waals surface area (Å²) in [5, 5.41) is 3.23. The van der Waals surface area contributed by atoms with Crippen molar-refractivity contribution in [3.8, 4) is 11.5 Å². The van der Waals surface area contributed by atoms with Crippen LogP contribution in [0.2, 0.25) is 0 Å². The van der Waals surface area contributed by atoms with Gasteiger partial charge in [-0.2, -0.15) is 0 Å². The summed E-state index contributed by atoms with van der Waals surface area (Å²) < 4.78 is 19.4. The number of hydrogen-bond donors (Lipinski definition) is 1. The fourth-order valence-corrected chi connectivity index (χ4v) is 9.35. The number of carbonyl (C=O) groups excluding carboxylic acids is 1. The summed E-state index contributed by atoms with van der Waals surface area (Å²) in [5.41, 5.74) is 4.63. The van der Waals surface area contributed by atoms with Gasteiger partial charge in [0.15, 0.2) is 11.5 Å². The van der Waals surface area contributed by atoms with Gasteiger partial charge in [0.05, 0.1) is 7.11 Å². The van der Waals surface area contributed by atoms with Crippen LogP contribution < -0.4 is 14.8 Å². The molecule has 6 nitrogen and oxygen atoms in total. The number of amides is 1. The predicted molar refractivity (Wildman–Crippen MR) is 147 cm³/mol. The Hall–Kier alpha value is -2.83. The lowest BCUT2D eigenvalue weighted by Crippen LogP contribution is -2.81. The van der Waals surface area contributed by atoms with Crippen molar-refractivity contribution < 1.29 is 19.0 Å². The van der Waals surface area contributed by atoms with Crippen molar-refractivity contribution in [2.45, 2.75) is 62.2 Å². The van der Waals surface area contributed by atoms with Crippen molar-refractivity contribution in [2.75, 3.05) is 34.4 Å². The number of likely N-dealkylation sites (tertiary alicyclic amines) is 1. The van der Waals surface area contributed by atoms with Crippen LogP contribution >= 0.6 is 0 Å². The number of ether oxygens (including phenoxy) is 3.